The van der Waals surface area contributed by atoms with E-state index >= 15 is 0 Å². The van der Waals surface area contributed by atoms with Gasteiger partial charge in [0.1, 0.15) is 17.4 Å². The minimum atomic E-state index is -0.603. The Kier molecular flexibility index (Phi) is 14.7. The molecule has 3 aromatic carbocycles. The molecule has 0 aliphatic carbocycles. The van der Waals surface area contributed by atoms with Crippen molar-refractivity contribution >= 4 is 51.7 Å². The molecule has 2 aliphatic heterocycles. The van der Waals surface area contributed by atoms with Gasteiger partial charge in [-0.05, 0) is 73.2 Å². The number of aromatic amines is 1. The van der Waals surface area contributed by atoms with Crippen molar-refractivity contribution in [1.29, 1.82) is 0 Å². The molecule has 0 atom stereocenters. The number of hydrogen-bond acceptors (Lipinski definition) is 7. The second-order valence-electron chi connectivity index (χ2n) is 14.6. The molecule has 14 heteroatoms. The van der Waals surface area contributed by atoms with E-state index in [-0.39, 0.29) is 41.3 Å². The van der Waals surface area contributed by atoms with E-state index < -0.39 is 11.7 Å². The van der Waals surface area contributed by atoms with Gasteiger partial charge in [-0.3, -0.25) is 24.0 Å². The summed E-state index contributed by atoms with van der Waals surface area (Å²) in [5.74, 6) is -0.677. The second kappa shape index (κ2) is 20.2. The van der Waals surface area contributed by atoms with Gasteiger partial charge < -0.3 is 24.8 Å². The van der Waals surface area contributed by atoms with E-state index in [2.05, 4.69) is 15.5 Å². The number of benzene rings is 3. The number of ether oxygens (including phenoxy) is 1. The highest BCUT2D eigenvalue weighted by Gasteiger charge is 2.27. The SMILES string of the molecule is O=C(COc1ccc2c(c1)CCCN2C(=O)CCl)NCCCCCCCCCC(=O)N1CCN(C(=O)c2cc(Cc3n[nH]c(=O)c4ccccc34)ccc2F)CC1. The first kappa shape index (κ1) is 41.3. The van der Waals surface area contributed by atoms with E-state index in [1.54, 1.807) is 45.0 Å². The summed E-state index contributed by atoms with van der Waals surface area (Å²) in [6.45, 7) is 2.66. The summed E-state index contributed by atoms with van der Waals surface area (Å²) < 4.78 is 20.6. The fourth-order valence-corrected chi connectivity index (χ4v) is 7.68. The number of aryl methyl sites for hydroxylation is 1. The molecule has 1 fully saturated rings. The van der Waals surface area contributed by atoms with Crippen LogP contribution in [0.4, 0.5) is 10.1 Å². The number of carbonyl (C=O) groups is 4. The van der Waals surface area contributed by atoms with Gasteiger partial charge in [-0.2, -0.15) is 5.10 Å². The monoisotopic (exact) mass is 800 g/mol. The minimum absolute atomic E-state index is 0.0187. The molecule has 1 aromatic heterocycles. The van der Waals surface area contributed by atoms with E-state index in [1.807, 2.05) is 24.3 Å². The first-order valence-electron chi connectivity index (χ1n) is 19.9. The highest BCUT2D eigenvalue weighted by molar-refractivity contribution is 6.29. The maximum absolute atomic E-state index is 14.9. The number of alkyl halides is 1. The van der Waals surface area contributed by atoms with Gasteiger partial charge in [0.05, 0.1) is 16.6 Å². The van der Waals surface area contributed by atoms with Gasteiger partial charge in [0.2, 0.25) is 11.8 Å². The third kappa shape index (κ3) is 11.0. The van der Waals surface area contributed by atoms with Gasteiger partial charge in [-0.15, -0.1) is 11.6 Å². The number of unbranched alkanes of at least 4 members (excludes halogenated alkanes) is 6. The number of hydrogen-bond donors (Lipinski definition) is 2. The van der Waals surface area contributed by atoms with Crippen molar-refractivity contribution in [1.82, 2.24) is 25.3 Å². The lowest BCUT2D eigenvalue weighted by molar-refractivity contribution is -0.132. The van der Waals surface area contributed by atoms with Gasteiger partial charge in [-0.1, -0.05) is 56.4 Å². The van der Waals surface area contributed by atoms with Gasteiger partial charge in [0, 0.05) is 63.2 Å². The molecule has 0 bridgehead atoms. The number of anilines is 1. The summed E-state index contributed by atoms with van der Waals surface area (Å²) in [6.07, 6.45) is 9.28. The van der Waals surface area contributed by atoms with Crippen LogP contribution in [0.5, 0.6) is 5.75 Å². The summed E-state index contributed by atoms with van der Waals surface area (Å²) >= 11 is 5.75. The first-order chi connectivity index (χ1) is 27.7. The van der Waals surface area contributed by atoms with Crippen LogP contribution < -0.4 is 20.5 Å². The lowest BCUT2D eigenvalue weighted by Gasteiger charge is -2.35. The Morgan fingerprint density at radius 2 is 1.54 bits per heavy atom. The van der Waals surface area contributed by atoms with E-state index in [4.69, 9.17) is 16.3 Å². The molecule has 2 N–H and O–H groups in total. The van der Waals surface area contributed by atoms with Crippen molar-refractivity contribution < 1.29 is 28.3 Å². The van der Waals surface area contributed by atoms with Crippen molar-refractivity contribution in [3.63, 3.8) is 0 Å². The quantitative estimate of drug-likeness (QED) is 0.102. The van der Waals surface area contributed by atoms with Crippen LogP contribution in [0.3, 0.4) is 0 Å². The topological polar surface area (TPSA) is 145 Å². The maximum Gasteiger partial charge on any atom is 0.272 e. The molecule has 0 spiro atoms. The van der Waals surface area contributed by atoms with Crippen LogP contribution in [-0.4, -0.2) is 95.4 Å². The molecule has 12 nitrogen and oxygen atoms in total. The van der Waals surface area contributed by atoms with Crippen molar-refractivity contribution in [2.45, 2.75) is 70.6 Å². The van der Waals surface area contributed by atoms with Crippen molar-refractivity contribution in [2.75, 3.05) is 56.7 Å². The smallest absolute Gasteiger partial charge is 0.272 e. The van der Waals surface area contributed by atoms with Crippen molar-refractivity contribution in [3.8, 4) is 5.75 Å². The molecule has 302 valence electrons. The summed E-state index contributed by atoms with van der Waals surface area (Å²) in [7, 11) is 0. The van der Waals surface area contributed by atoms with E-state index in [0.29, 0.717) is 79.9 Å². The summed E-state index contributed by atoms with van der Waals surface area (Å²) in [6, 6.07) is 17.1. The van der Waals surface area contributed by atoms with Gasteiger partial charge >= 0.3 is 0 Å². The Bertz CT molecular complexity index is 2120. The summed E-state index contributed by atoms with van der Waals surface area (Å²) in [5.41, 5.74) is 2.89. The molecule has 0 unspecified atom stereocenters. The normalized spacial score (nSPS) is 14.0. The number of nitrogens with zero attached hydrogens (tertiary/aromatic N) is 4. The fourth-order valence-electron chi connectivity index (χ4n) is 7.54. The predicted molar refractivity (Wildman–Crippen MR) is 217 cm³/mol. The maximum atomic E-state index is 14.9. The van der Waals surface area contributed by atoms with Crippen LogP contribution in [0.1, 0.15) is 85.0 Å². The van der Waals surface area contributed by atoms with Crippen LogP contribution in [0.15, 0.2) is 65.5 Å². The molecule has 6 rings (SSSR count). The molecular weight excluding hydrogens is 751 g/mol. The fraction of sp³-hybridized carbons (Fsp3) is 0.442. The Morgan fingerprint density at radius 3 is 2.32 bits per heavy atom. The van der Waals surface area contributed by atoms with Crippen LogP contribution in [-0.2, 0) is 27.2 Å². The largest absolute Gasteiger partial charge is 0.484 e. The highest BCUT2D eigenvalue weighted by Crippen LogP contribution is 2.31. The number of fused-ring (bicyclic) bond motifs is 2. The zero-order valence-corrected chi connectivity index (χ0v) is 33.0. The number of piperazine rings is 1. The zero-order valence-electron chi connectivity index (χ0n) is 32.2. The van der Waals surface area contributed by atoms with Gasteiger partial charge in [0.25, 0.3) is 17.4 Å². The van der Waals surface area contributed by atoms with Crippen molar-refractivity contribution in [3.05, 3.63) is 99.2 Å². The number of nitrogens with one attached hydrogen (secondary N) is 2. The third-order valence-electron chi connectivity index (χ3n) is 10.7. The zero-order chi connectivity index (χ0) is 40.1. The molecule has 0 radical (unpaired) electrons. The average molecular weight is 801 g/mol. The number of H-pyrrole nitrogens is 1. The number of carbonyl (C=O) groups excluding carboxylic acids is 4. The Hall–Kier alpha value is -5.30. The van der Waals surface area contributed by atoms with E-state index in [9.17, 15) is 28.4 Å². The molecule has 4 aromatic rings. The third-order valence-corrected chi connectivity index (χ3v) is 10.9. The Labute approximate surface area is 336 Å². The first-order valence-corrected chi connectivity index (χ1v) is 20.5. The Morgan fingerprint density at radius 1 is 0.825 bits per heavy atom. The van der Waals surface area contributed by atoms with Crippen LogP contribution in [0.25, 0.3) is 10.8 Å². The lowest BCUT2D eigenvalue weighted by atomic mass is 10.0. The number of amides is 4. The molecule has 57 heavy (non-hydrogen) atoms. The number of rotatable bonds is 17. The lowest BCUT2D eigenvalue weighted by Crippen LogP contribution is -2.50. The standard InChI is InChI=1S/C43H50ClFN6O6/c44-28-41(54)51-20-10-11-31-27-32(16-18-38(31)51)57-29-39(52)46-19-9-5-3-1-2-4-6-14-40(53)49-21-23-50(24-22-49)43(56)35-25-30(15-17-36(35)45)26-37-33-12-7-8-13-34(33)42(55)48-47-37/h7-8,12-13,15-18,25,27H,1-6,9-11,14,19-24,26,28-29H2,(H,46,52)(H,48,55). The highest BCUT2D eigenvalue weighted by atomic mass is 35.5. The Balaban J connectivity index is 0.811. The summed E-state index contributed by atoms with van der Waals surface area (Å²) in [4.78, 5) is 67.9. The molecule has 1 saturated heterocycles. The van der Waals surface area contributed by atoms with Crippen LogP contribution >= 0.6 is 11.6 Å². The van der Waals surface area contributed by atoms with Crippen LogP contribution in [0.2, 0.25) is 0 Å². The van der Waals surface area contributed by atoms with Crippen molar-refractivity contribution in [2.24, 2.45) is 0 Å². The van der Waals surface area contributed by atoms with Crippen LogP contribution in [0, 0.1) is 5.82 Å². The van der Waals surface area contributed by atoms with Gasteiger partial charge in [-0.25, -0.2) is 9.49 Å². The molecule has 0 saturated carbocycles. The number of aromatic nitrogens is 2. The predicted octanol–water partition coefficient (Wildman–Crippen LogP) is 5.77. The van der Waals surface area contributed by atoms with E-state index in [0.717, 1.165) is 69.0 Å². The van der Waals surface area contributed by atoms with Gasteiger partial charge in [0.15, 0.2) is 6.61 Å². The molecule has 3 heterocycles. The second-order valence-corrected chi connectivity index (χ2v) is 14.9. The minimum Gasteiger partial charge on any atom is -0.484 e. The summed E-state index contributed by atoms with van der Waals surface area (Å²) in [5, 5.41) is 10.9. The van der Waals surface area contributed by atoms with E-state index in [1.165, 1.54) is 6.07 Å². The molecule has 2 aliphatic rings. The average Bonchev–Trinajstić information content (AvgIpc) is 3.24. The molecular formula is C43H50ClFN6O6. The number of halogens is 2. The molecule has 4 amide bonds.